The van der Waals surface area contributed by atoms with Crippen LogP contribution in [0.3, 0.4) is 0 Å². The van der Waals surface area contributed by atoms with Crippen LogP contribution in [-0.4, -0.2) is 28.2 Å². The van der Waals surface area contributed by atoms with Crippen molar-refractivity contribution in [2.75, 3.05) is 17.7 Å². The highest BCUT2D eigenvalue weighted by atomic mass is 35.5. The van der Waals surface area contributed by atoms with Crippen LogP contribution in [-0.2, 0) is 4.84 Å². The maximum absolute atomic E-state index is 12.2. The zero-order chi connectivity index (χ0) is 21.0. The van der Waals surface area contributed by atoms with Crippen LogP contribution >= 0.6 is 11.6 Å². The molecular weight excluding hydrogens is 392 g/mol. The second kappa shape index (κ2) is 8.93. The number of halogens is 1. The van der Waals surface area contributed by atoms with Crippen molar-refractivity contribution in [3.8, 4) is 0 Å². The lowest BCUT2D eigenvalue weighted by molar-refractivity contribution is 0.0538. The van der Waals surface area contributed by atoms with E-state index in [-0.39, 0.29) is 5.91 Å². The number of hydrogen-bond donors (Lipinski definition) is 4. The summed E-state index contributed by atoms with van der Waals surface area (Å²) in [5.74, 6) is 1.22. The van der Waals surface area contributed by atoms with Gasteiger partial charge in [-0.3, -0.25) is 14.7 Å². The Labute approximate surface area is 174 Å². The molecule has 4 N–H and O–H groups in total. The van der Waals surface area contributed by atoms with Crippen molar-refractivity contribution < 1.29 is 9.63 Å². The number of pyridine rings is 1. The number of H-pyrrole nitrogens is 1. The molecule has 0 fully saturated rings. The van der Waals surface area contributed by atoms with Gasteiger partial charge in [-0.05, 0) is 25.0 Å². The molecule has 0 saturated carbocycles. The fourth-order valence-corrected chi connectivity index (χ4v) is 3.20. The highest BCUT2D eigenvalue weighted by Gasteiger charge is 2.16. The van der Waals surface area contributed by atoms with Gasteiger partial charge in [0.25, 0.3) is 5.91 Å². The Kier molecular flexibility index (Phi) is 6.36. The monoisotopic (exact) mass is 414 g/mol. The molecule has 2 aromatic heterocycles. The largest absolute Gasteiger partial charge is 0.353 e. The smallest absolute Gasteiger partial charge is 0.276 e. The summed E-state index contributed by atoms with van der Waals surface area (Å²) in [6.07, 6.45) is 1.54. The number of aromatic amines is 1. The highest BCUT2D eigenvalue weighted by molar-refractivity contribution is 6.33. The van der Waals surface area contributed by atoms with E-state index in [9.17, 15) is 4.79 Å². The first-order chi connectivity index (χ1) is 13.9. The second-order valence-electron chi connectivity index (χ2n) is 6.75. The summed E-state index contributed by atoms with van der Waals surface area (Å²) in [7, 11) is 1.38. The number of hydroxylamine groups is 1. The fraction of sp³-hybridized carbons (Fsp3) is 0.250. The molecule has 3 rings (SSSR count). The Bertz CT molecular complexity index is 1020. The summed E-state index contributed by atoms with van der Waals surface area (Å²) in [6, 6.07) is 8.82. The maximum atomic E-state index is 12.2. The summed E-state index contributed by atoms with van der Waals surface area (Å²) >= 11 is 6.33. The number of carbonyl (C=O) groups is 1. The first-order valence-electron chi connectivity index (χ1n) is 9.07. The molecule has 152 valence electrons. The van der Waals surface area contributed by atoms with E-state index in [0.29, 0.717) is 33.7 Å². The predicted molar refractivity (Wildman–Crippen MR) is 114 cm³/mol. The molecule has 0 saturated heterocycles. The fourth-order valence-electron chi connectivity index (χ4n) is 3.05. The van der Waals surface area contributed by atoms with Gasteiger partial charge in [-0.1, -0.05) is 37.6 Å². The quantitative estimate of drug-likeness (QED) is 0.419. The van der Waals surface area contributed by atoms with Crippen LogP contribution in [0.1, 0.15) is 41.4 Å². The third-order valence-electron chi connectivity index (χ3n) is 4.31. The predicted octanol–water partition coefficient (Wildman–Crippen LogP) is 4.67. The number of hydrogen-bond acceptors (Lipinski definition) is 6. The van der Waals surface area contributed by atoms with Crippen molar-refractivity contribution in [3.63, 3.8) is 0 Å². The van der Waals surface area contributed by atoms with E-state index in [4.69, 9.17) is 16.4 Å². The zero-order valence-electron chi connectivity index (χ0n) is 16.6. The number of anilines is 4. The van der Waals surface area contributed by atoms with Crippen molar-refractivity contribution in [1.82, 2.24) is 20.7 Å². The first-order valence-corrected chi connectivity index (χ1v) is 9.45. The van der Waals surface area contributed by atoms with Gasteiger partial charge in [0, 0.05) is 17.3 Å². The van der Waals surface area contributed by atoms with Crippen LogP contribution in [0.2, 0.25) is 5.02 Å². The van der Waals surface area contributed by atoms with Crippen LogP contribution in [0.4, 0.5) is 23.0 Å². The van der Waals surface area contributed by atoms with Gasteiger partial charge in [-0.25, -0.2) is 10.5 Å². The molecular formula is C20H23ClN6O2. The van der Waals surface area contributed by atoms with E-state index in [1.165, 1.54) is 7.11 Å². The molecule has 1 amide bonds. The van der Waals surface area contributed by atoms with Crippen molar-refractivity contribution in [2.24, 2.45) is 0 Å². The molecule has 0 spiro atoms. The van der Waals surface area contributed by atoms with E-state index in [0.717, 1.165) is 17.1 Å². The molecule has 9 heteroatoms. The minimum atomic E-state index is -0.368. The van der Waals surface area contributed by atoms with Crippen molar-refractivity contribution >= 4 is 40.5 Å². The molecule has 2 heterocycles. The number of aromatic nitrogens is 3. The third kappa shape index (κ3) is 4.67. The Morgan fingerprint density at radius 3 is 2.69 bits per heavy atom. The molecule has 3 aromatic rings. The van der Waals surface area contributed by atoms with Crippen LogP contribution in [0.25, 0.3) is 0 Å². The molecule has 8 nitrogen and oxygen atoms in total. The summed E-state index contributed by atoms with van der Waals surface area (Å²) in [5, 5.41) is 14.2. The van der Waals surface area contributed by atoms with Crippen molar-refractivity contribution in [1.29, 1.82) is 0 Å². The molecule has 0 aliphatic rings. The first kappa shape index (κ1) is 20.6. The normalized spacial score (nSPS) is 10.8. The second-order valence-corrected chi connectivity index (χ2v) is 7.15. The molecule has 0 bridgehead atoms. The van der Waals surface area contributed by atoms with Gasteiger partial charge in [0.1, 0.15) is 5.82 Å². The minimum Gasteiger partial charge on any atom is -0.353 e. The number of carbonyl (C=O) groups excluding carboxylic acids is 1. The molecule has 0 unspecified atom stereocenters. The molecule has 29 heavy (non-hydrogen) atoms. The number of nitrogens with zero attached hydrogens (tertiary/aromatic N) is 2. The van der Waals surface area contributed by atoms with E-state index in [1.807, 2.05) is 13.0 Å². The number of para-hydroxylation sites is 1. The third-order valence-corrected chi connectivity index (χ3v) is 4.61. The Morgan fingerprint density at radius 2 is 1.97 bits per heavy atom. The topological polar surface area (TPSA) is 104 Å². The molecule has 0 radical (unpaired) electrons. The Hall–Kier alpha value is -3.10. The van der Waals surface area contributed by atoms with Crippen LogP contribution < -0.4 is 16.1 Å². The minimum absolute atomic E-state index is 0.298. The van der Waals surface area contributed by atoms with Gasteiger partial charge < -0.3 is 10.6 Å². The number of benzene rings is 1. The van der Waals surface area contributed by atoms with Crippen molar-refractivity contribution in [2.45, 2.75) is 26.7 Å². The van der Waals surface area contributed by atoms with E-state index in [1.54, 1.807) is 30.5 Å². The summed E-state index contributed by atoms with van der Waals surface area (Å²) in [4.78, 5) is 21.3. The van der Waals surface area contributed by atoms with E-state index in [2.05, 4.69) is 45.1 Å². The lowest BCUT2D eigenvalue weighted by Gasteiger charge is -2.14. The number of amides is 1. The van der Waals surface area contributed by atoms with Crippen LogP contribution in [0, 0.1) is 6.92 Å². The van der Waals surface area contributed by atoms with Crippen LogP contribution in [0.15, 0.2) is 36.5 Å². The Balaban J connectivity index is 1.89. The van der Waals surface area contributed by atoms with Gasteiger partial charge in [-0.2, -0.15) is 5.10 Å². The number of rotatable bonds is 7. The van der Waals surface area contributed by atoms with Crippen molar-refractivity contribution in [3.05, 3.63) is 58.4 Å². The van der Waals surface area contributed by atoms with Gasteiger partial charge in [-0.15, -0.1) is 0 Å². The molecule has 0 aliphatic heterocycles. The number of nitrogens with one attached hydrogen (secondary N) is 4. The summed E-state index contributed by atoms with van der Waals surface area (Å²) in [5.41, 5.74) is 6.02. The number of aryl methyl sites for hydroxylation is 1. The zero-order valence-corrected chi connectivity index (χ0v) is 17.4. The van der Waals surface area contributed by atoms with E-state index >= 15 is 0 Å². The van der Waals surface area contributed by atoms with Gasteiger partial charge >= 0.3 is 0 Å². The van der Waals surface area contributed by atoms with Crippen LogP contribution in [0.5, 0.6) is 0 Å². The van der Waals surface area contributed by atoms with Gasteiger partial charge in [0.15, 0.2) is 5.82 Å². The summed E-state index contributed by atoms with van der Waals surface area (Å²) < 4.78 is 0. The van der Waals surface area contributed by atoms with Gasteiger partial charge in [0.2, 0.25) is 0 Å². The summed E-state index contributed by atoms with van der Waals surface area (Å²) in [6.45, 7) is 6.19. The molecule has 0 atom stereocenters. The molecule has 1 aromatic carbocycles. The highest BCUT2D eigenvalue weighted by Crippen LogP contribution is 2.31. The lowest BCUT2D eigenvalue weighted by Crippen LogP contribution is -2.22. The van der Waals surface area contributed by atoms with E-state index < -0.39 is 0 Å². The van der Waals surface area contributed by atoms with Gasteiger partial charge in [0.05, 0.1) is 35.3 Å². The average Bonchev–Trinajstić information content (AvgIpc) is 3.05. The lowest BCUT2D eigenvalue weighted by atomic mass is 10.0. The maximum Gasteiger partial charge on any atom is 0.276 e. The average molecular weight is 415 g/mol. The molecule has 0 aliphatic carbocycles. The SMILES string of the molecule is CONC(=O)c1ccccc1Nc1cc(Nc2n[nH]c(C)c2C(C)C)ncc1Cl. The standard InChI is InChI=1S/C20H23ClN6O2/c1-11(2)18-12(3)25-26-19(18)24-17-9-16(14(21)10-22-17)23-15-8-6-5-7-13(15)20(28)27-29-4/h5-11H,1-4H3,(H,27,28)(H3,22,23,24,25,26). The Morgan fingerprint density at radius 1 is 1.21 bits per heavy atom.